The Bertz CT molecular complexity index is 721. The normalized spacial score (nSPS) is 21.4. The minimum atomic E-state index is -1.82. The Labute approximate surface area is 123 Å². The number of rotatable bonds is 1. The van der Waals surface area contributed by atoms with E-state index in [4.69, 9.17) is 0 Å². The van der Waals surface area contributed by atoms with Crippen LogP contribution in [0.15, 0.2) is 42.1 Å². The van der Waals surface area contributed by atoms with Crippen LogP contribution in [0.5, 0.6) is 0 Å². The molecule has 0 unspecified atom stereocenters. The summed E-state index contributed by atoms with van der Waals surface area (Å²) >= 11 is 0. The minimum absolute atomic E-state index is 0.591. The molecule has 100 valence electrons. The van der Waals surface area contributed by atoms with Gasteiger partial charge in [-0.3, -0.25) is 0 Å². The first-order chi connectivity index (χ1) is 10.1. The standard InChI is InChI=1S/C16H11N5/c1-12-7-15(8-17,9-18)16(10-19,11-20)14(21-12)13-5-3-2-4-6-13/h2-7,14,21H,1H3/t14-/m1/s1. The summed E-state index contributed by atoms with van der Waals surface area (Å²) in [5.74, 6) is 0. The quantitative estimate of drug-likeness (QED) is 0.844. The lowest BCUT2D eigenvalue weighted by Crippen LogP contribution is -2.50. The molecule has 1 N–H and O–H groups in total. The van der Waals surface area contributed by atoms with E-state index in [1.165, 1.54) is 6.08 Å². The second-order valence-corrected chi connectivity index (χ2v) is 4.88. The fraction of sp³-hybridized carbons (Fsp3) is 0.250. The van der Waals surface area contributed by atoms with Gasteiger partial charge in [0.15, 0.2) is 5.41 Å². The van der Waals surface area contributed by atoms with E-state index in [-0.39, 0.29) is 0 Å². The summed E-state index contributed by atoms with van der Waals surface area (Å²) in [5.41, 5.74) is -2.36. The van der Waals surface area contributed by atoms with Crippen molar-refractivity contribution < 1.29 is 0 Å². The highest BCUT2D eigenvalue weighted by atomic mass is 15.0. The average molecular weight is 273 g/mol. The number of nitriles is 4. The molecule has 0 saturated heterocycles. The van der Waals surface area contributed by atoms with Crippen molar-refractivity contribution in [3.8, 4) is 24.3 Å². The maximum Gasteiger partial charge on any atom is 0.202 e. The summed E-state index contributed by atoms with van der Waals surface area (Å²) in [4.78, 5) is 0. The van der Waals surface area contributed by atoms with Crippen LogP contribution in [0.25, 0.3) is 0 Å². The Kier molecular flexibility index (Phi) is 3.37. The van der Waals surface area contributed by atoms with Crippen molar-refractivity contribution in [3.05, 3.63) is 47.7 Å². The first-order valence-electron chi connectivity index (χ1n) is 6.25. The zero-order valence-corrected chi connectivity index (χ0v) is 11.3. The van der Waals surface area contributed by atoms with Crippen LogP contribution in [0.3, 0.4) is 0 Å². The lowest BCUT2D eigenvalue weighted by Gasteiger charge is -2.41. The van der Waals surface area contributed by atoms with Gasteiger partial charge in [0, 0.05) is 5.70 Å². The average Bonchev–Trinajstić information content (AvgIpc) is 2.54. The second-order valence-electron chi connectivity index (χ2n) is 4.88. The fourth-order valence-corrected chi connectivity index (χ4v) is 2.62. The Morgan fingerprint density at radius 1 is 0.952 bits per heavy atom. The smallest absolute Gasteiger partial charge is 0.202 e. The van der Waals surface area contributed by atoms with Crippen LogP contribution in [-0.2, 0) is 0 Å². The van der Waals surface area contributed by atoms with Gasteiger partial charge in [-0.2, -0.15) is 21.0 Å². The van der Waals surface area contributed by atoms with Crippen LogP contribution in [0, 0.1) is 56.2 Å². The molecule has 1 atom stereocenters. The van der Waals surface area contributed by atoms with Gasteiger partial charge in [0.2, 0.25) is 5.41 Å². The van der Waals surface area contributed by atoms with E-state index in [2.05, 4.69) is 5.32 Å². The summed E-state index contributed by atoms with van der Waals surface area (Å²) < 4.78 is 0. The molecule has 1 aliphatic rings. The highest BCUT2D eigenvalue weighted by Crippen LogP contribution is 2.51. The number of hydrogen-bond donors (Lipinski definition) is 1. The van der Waals surface area contributed by atoms with E-state index in [1.54, 1.807) is 31.2 Å². The summed E-state index contributed by atoms with van der Waals surface area (Å²) in [7, 11) is 0. The lowest BCUT2D eigenvalue weighted by molar-refractivity contribution is 0.248. The van der Waals surface area contributed by atoms with Crippen LogP contribution < -0.4 is 5.32 Å². The molecular weight excluding hydrogens is 262 g/mol. The monoisotopic (exact) mass is 273 g/mol. The molecule has 21 heavy (non-hydrogen) atoms. The van der Waals surface area contributed by atoms with E-state index in [1.807, 2.05) is 30.3 Å². The molecule has 1 aliphatic heterocycles. The number of allylic oxidation sites excluding steroid dienone is 2. The first kappa shape index (κ1) is 14.1. The van der Waals surface area contributed by atoms with Crippen molar-refractivity contribution in [3.63, 3.8) is 0 Å². The van der Waals surface area contributed by atoms with Crippen LogP contribution >= 0.6 is 0 Å². The van der Waals surface area contributed by atoms with Crippen molar-refractivity contribution in [2.75, 3.05) is 0 Å². The molecule has 0 bridgehead atoms. The molecule has 2 rings (SSSR count). The highest BCUT2D eigenvalue weighted by molar-refractivity contribution is 5.48. The molecule has 0 aromatic heterocycles. The van der Waals surface area contributed by atoms with Gasteiger partial charge in [-0.25, -0.2) is 0 Å². The maximum absolute atomic E-state index is 9.61. The Hall–Kier alpha value is -3.28. The van der Waals surface area contributed by atoms with Gasteiger partial charge in [0.1, 0.15) is 0 Å². The third-order valence-corrected chi connectivity index (χ3v) is 3.70. The van der Waals surface area contributed by atoms with E-state index in [9.17, 15) is 21.0 Å². The molecular formula is C16H11N5. The zero-order chi connectivity index (χ0) is 15.5. The maximum atomic E-state index is 9.61. The predicted molar refractivity (Wildman–Crippen MR) is 73.4 cm³/mol. The molecule has 0 fully saturated rings. The largest absolute Gasteiger partial charge is 0.379 e. The van der Waals surface area contributed by atoms with E-state index >= 15 is 0 Å². The van der Waals surface area contributed by atoms with Crippen molar-refractivity contribution in [1.82, 2.24) is 5.32 Å². The van der Waals surface area contributed by atoms with Crippen LogP contribution in [-0.4, -0.2) is 0 Å². The highest BCUT2D eigenvalue weighted by Gasteiger charge is 2.61. The fourth-order valence-electron chi connectivity index (χ4n) is 2.62. The van der Waals surface area contributed by atoms with Crippen molar-refractivity contribution in [2.24, 2.45) is 10.8 Å². The number of hydrogen-bond acceptors (Lipinski definition) is 5. The summed E-state index contributed by atoms with van der Waals surface area (Å²) in [6, 6.07) is 15.7. The van der Waals surface area contributed by atoms with E-state index in [0.717, 1.165) is 0 Å². The first-order valence-corrected chi connectivity index (χ1v) is 6.25. The van der Waals surface area contributed by atoms with Crippen LogP contribution in [0.4, 0.5) is 0 Å². The molecule has 0 aliphatic carbocycles. The SMILES string of the molecule is CC1=CC(C#N)(C#N)C(C#N)(C#N)[C@@H](c2ccccc2)N1. The predicted octanol–water partition coefficient (Wildman–Crippen LogP) is 2.30. The molecule has 1 aromatic carbocycles. The lowest BCUT2D eigenvalue weighted by atomic mass is 9.59. The van der Waals surface area contributed by atoms with Gasteiger partial charge in [0.25, 0.3) is 0 Å². The summed E-state index contributed by atoms with van der Waals surface area (Å²) in [6.45, 7) is 1.71. The molecule has 0 saturated carbocycles. The van der Waals surface area contributed by atoms with E-state index in [0.29, 0.717) is 11.3 Å². The molecule has 5 heteroatoms. The van der Waals surface area contributed by atoms with Gasteiger partial charge >= 0.3 is 0 Å². The Balaban J connectivity index is 2.78. The molecule has 0 radical (unpaired) electrons. The summed E-state index contributed by atoms with van der Waals surface area (Å²) in [5, 5.41) is 41.2. The number of nitrogens with zero attached hydrogens (tertiary/aromatic N) is 4. The van der Waals surface area contributed by atoms with Gasteiger partial charge in [-0.15, -0.1) is 0 Å². The van der Waals surface area contributed by atoms with E-state index < -0.39 is 16.9 Å². The molecule has 5 nitrogen and oxygen atoms in total. The molecule has 0 amide bonds. The van der Waals surface area contributed by atoms with Crippen molar-refractivity contribution in [1.29, 1.82) is 21.0 Å². The second kappa shape index (κ2) is 5.01. The minimum Gasteiger partial charge on any atom is -0.379 e. The number of benzene rings is 1. The van der Waals surface area contributed by atoms with Crippen LogP contribution in [0.1, 0.15) is 18.5 Å². The van der Waals surface area contributed by atoms with Gasteiger partial charge in [0.05, 0.1) is 30.3 Å². The molecule has 1 aromatic rings. The van der Waals surface area contributed by atoms with Gasteiger partial charge in [-0.1, -0.05) is 30.3 Å². The van der Waals surface area contributed by atoms with Gasteiger partial charge < -0.3 is 5.32 Å². The third kappa shape index (κ3) is 1.81. The van der Waals surface area contributed by atoms with Crippen molar-refractivity contribution in [2.45, 2.75) is 13.0 Å². The number of nitrogens with one attached hydrogen (secondary N) is 1. The van der Waals surface area contributed by atoms with Crippen LogP contribution in [0.2, 0.25) is 0 Å². The molecule has 1 heterocycles. The Morgan fingerprint density at radius 3 is 2.00 bits per heavy atom. The zero-order valence-electron chi connectivity index (χ0n) is 11.3. The topological polar surface area (TPSA) is 107 Å². The molecule has 0 spiro atoms. The summed E-state index contributed by atoms with van der Waals surface area (Å²) in [6.07, 6.45) is 1.36. The van der Waals surface area contributed by atoms with Gasteiger partial charge in [-0.05, 0) is 18.6 Å². The van der Waals surface area contributed by atoms with Crippen molar-refractivity contribution >= 4 is 0 Å². The third-order valence-electron chi connectivity index (χ3n) is 3.70. The Morgan fingerprint density at radius 2 is 1.52 bits per heavy atom.